The number of hydrogen-bond donors (Lipinski definition) is 3. The second-order valence-electron chi connectivity index (χ2n) is 8.32. The summed E-state index contributed by atoms with van der Waals surface area (Å²) < 4.78 is 0. The first-order valence-electron chi connectivity index (χ1n) is 11.5. The standard InChI is InChI=1S/C29H27N3O3/c30-19-22-9-6-11-23(15-22)26-16-21(14-13-20-7-2-1-3-8-20)17-27(31-26)29(35)32-25-12-5-4-10-24(25)18-28(33)34/h1-12,15-17H,13-14,18-19,30H2,(H,32,35)(H,33,34). The molecule has 3 aromatic carbocycles. The van der Waals surface area contributed by atoms with Crippen molar-refractivity contribution >= 4 is 17.6 Å². The van der Waals surface area contributed by atoms with Crippen molar-refractivity contribution in [1.82, 2.24) is 4.98 Å². The average molecular weight is 466 g/mol. The maximum absolute atomic E-state index is 13.2. The third-order valence-corrected chi connectivity index (χ3v) is 5.73. The van der Waals surface area contributed by atoms with Crippen LogP contribution in [0.4, 0.5) is 5.69 Å². The highest BCUT2D eigenvalue weighted by atomic mass is 16.4. The van der Waals surface area contributed by atoms with E-state index < -0.39 is 5.97 Å². The number of aromatic nitrogens is 1. The summed E-state index contributed by atoms with van der Waals surface area (Å²) in [4.78, 5) is 29.1. The van der Waals surface area contributed by atoms with Gasteiger partial charge >= 0.3 is 5.97 Å². The van der Waals surface area contributed by atoms with Gasteiger partial charge in [-0.25, -0.2) is 4.98 Å². The first-order chi connectivity index (χ1) is 17.0. The summed E-state index contributed by atoms with van der Waals surface area (Å²) in [6, 6.07) is 28.7. The van der Waals surface area contributed by atoms with Crippen LogP contribution in [0, 0.1) is 0 Å². The fourth-order valence-electron chi connectivity index (χ4n) is 3.93. The highest BCUT2D eigenvalue weighted by Crippen LogP contribution is 2.23. The summed E-state index contributed by atoms with van der Waals surface area (Å²) in [6.45, 7) is 0.412. The molecule has 4 N–H and O–H groups in total. The van der Waals surface area contributed by atoms with E-state index in [0.29, 0.717) is 23.5 Å². The molecule has 0 fully saturated rings. The summed E-state index contributed by atoms with van der Waals surface area (Å²) in [5.74, 6) is -1.35. The fraction of sp³-hybridized carbons (Fsp3) is 0.138. The normalized spacial score (nSPS) is 10.7. The summed E-state index contributed by atoms with van der Waals surface area (Å²) in [5, 5.41) is 12.1. The number of carbonyl (C=O) groups excluding carboxylic acids is 1. The molecule has 0 saturated heterocycles. The number of benzene rings is 3. The molecule has 1 amide bonds. The van der Waals surface area contributed by atoms with Gasteiger partial charge in [0.05, 0.1) is 12.1 Å². The van der Waals surface area contributed by atoms with Gasteiger partial charge in [0.2, 0.25) is 0 Å². The molecule has 0 saturated carbocycles. The number of pyridine rings is 1. The molecule has 0 aliphatic heterocycles. The van der Waals surface area contributed by atoms with Gasteiger partial charge in [0, 0.05) is 17.8 Å². The third kappa shape index (κ3) is 6.40. The average Bonchev–Trinajstić information content (AvgIpc) is 2.89. The Morgan fingerprint density at radius 3 is 2.29 bits per heavy atom. The lowest BCUT2D eigenvalue weighted by atomic mass is 10.0. The van der Waals surface area contributed by atoms with Crippen molar-refractivity contribution in [3.8, 4) is 11.3 Å². The van der Waals surface area contributed by atoms with E-state index >= 15 is 0 Å². The van der Waals surface area contributed by atoms with Crippen LogP contribution in [0.3, 0.4) is 0 Å². The van der Waals surface area contributed by atoms with Crippen LogP contribution in [0.2, 0.25) is 0 Å². The van der Waals surface area contributed by atoms with Crippen LogP contribution in [-0.2, 0) is 30.6 Å². The minimum absolute atomic E-state index is 0.182. The lowest BCUT2D eigenvalue weighted by molar-refractivity contribution is -0.136. The summed E-state index contributed by atoms with van der Waals surface area (Å²) in [7, 11) is 0. The SMILES string of the molecule is NCc1cccc(-c2cc(CCc3ccccc3)cc(C(=O)Nc3ccccc3CC(=O)O)n2)c1. The molecule has 0 aliphatic rings. The van der Waals surface area contributed by atoms with Crippen LogP contribution < -0.4 is 11.1 Å². The van der Waals surface area contributed by atoms with E-state index in [0.717, 1.165) is 29.5 Å². The van der Waals surface area contributed by atoms with E-state index in [1.54, 1.807) is 30.3 Å². The van der Waals surface area contributed by atoms with Crippen molar-refractivity contribution in [2.45, 2.75) is 25.8 Å². The van der Waals surface area contributed by atoms with Crippen LogP contribution in [0.15, 0.2) is 91.0 Å². The van der Waals surface area contributed by atoms with Crippen molar-refractivity contribution in [1.29, 1.82) is 0 Å². The van der Waals surface area contributed by atoms with Gasteiger partial charge in [-0.2, -0.15) is 0 Å². The summed E-state index contributed by atoms with van der Waals surface area (Å²) in [6.07, 6.45) is 1.39. The number of para-hydroxylation sites is 1. The Kier molecular flexibility index (Phi) is 7.65. The molecule has 0 radical (unpaired) electrons. The maximum atomic E-state index is 13.2. The van der Waals surface area contributed by atoms with E-state index in [1.807, 2.05) is 48.5 Å². The van der Waals surface area contributed by atoms with Gasteiger partial charge in [-0.1, -0.05) is 66.7 Å². The van der Waals surface area contributed by atoms with Gasteiger partial charge in [0.25, 0.3) is 5.91 Å². The van der Waals surface area contributed by atoms with Crippen molar-refractivity contribution < 1.29 is 14.7 Å². The van der Waals surface area contributed by atoms with Crippen LogP contribution in [0.5, 0.6) is 0 Å². The quantitative estimate of drug-likeness (QED) is 0.327. The van der Waals surface area contributed by atoms with Gasteiger partial charge < -0.3 is 16.2 Å². The van der Waals surface area contributed by atoms with Crippen LogP contribution in [0.1, 0.15) is 32.7 Å². The molecule has 176 valence electrons. The number of aryl methyl sites for hydroxylation is 2. The number of carbonyl (C=O) groups is 2. The summed E-state index contributed by atoms with van der Waals surface area (Å²) in [5.41, 5.74) is 11.8. The topological polar surface area (TPSA) is 105 Å². The van der Waals surface area contributed by atoms with Gasteiger partial charge in [-0.15, -0.1) is 0 Å². The lowest BCUT2D eigenvalue weighted by Crippen LogP contribution is -2.16. The van der Waals surface area contributed by atoms with Gasteiger partial charge in [-0.05, 0) is 59.4 Å². The largest absolute Gasteiger partial charge is 0.481 e. The predicted octanol–water partition coefficient (Wildman–Crippen LogP) is 4.87. The second kappa shape index (κ2) is 11.2. The minimum Gasteiger partial charge on any atom is -0.481 e. The predicted molar refractivity (Wildman–Crippen MR) is 137 cm³/mol. The maximum Gasteiger partial charge on any atom is 0.307 e. The molecule has 0 unspecified atom stereocenters. The van der Waals surface area contributed by atoms with E-state index in [9.17, 15) is 14.7 Å². The van der Waals surface area contributed by atoms with Crippen molar-refractivity contribution in [2.24, 2.45) is 5.73 Å². The van der Waals surface area contributed by atoms with Crippen LogP contribution >= 0.6 is 0 Å². The Bertz CT molecular complexity index is 1340. The number of aliphatic carboxylic acids is 1. The first kappa shape index (κ1) is 23.9. The Morgan fingerprint density at radius 2 is 1.51 bits per heavy atom. The highest BCUT2D eigenvalue weighted by Gasteiger charge is 2.15. The Labute approximate surface area is 204 Å². The molecule has 6 nitrogen and oxygen atoms in total. The molecular formula is C29H27N3O3. The Morgan fingerprint density at radius 1 is 0.800 bits per heavy atom. The van der Waals surface area contributed by atoms with Gasteiger partial charge in [0.1, 0.15) is 5.69 Å². The summed E-state index contributed by atoms with van der Waals surface area (Å²) >= 11 is 0. The minimum atomic E-state index is -0.963. The van der Waals surface area contributed by atoms with E-state index in [-0.39, 0.29) is 18.0 Å². The first-order valence-corrected chi connectivity index (χ1v) is 11.5. The fourth-order valence-corrected chi connectivity index (χ4v) is 3.93. The number of amides is 1. The number of rotatable bonds is 9. The Balaban J connectivity index is 1.67. The van der Waals surface area contributed by atoms with Gasteiger partial charge in [-0.3, -0.25) is 9.59 Å². The Hall–Kier alpha value is -4.29. The van der Waals surface area contributed by atoms with Crippen molar-refractivity contribution in [3.63, 3.8) is 0 Å². The zero-order valence-electron chi connectivity index (χ0n) is 19.3. The molecule has 1 aromatic heterocycles. The molecule has 6 heteroatoms. The monoisotopic (exact) mass is 465 g/mol. The molecule has 1 heterocycles. The van der Waals surface area contributed by atoms with E-state index in [2.05, 4.69) is 22.4 Å². The number of nitrogens with zero attached hydrogens (tertiary/aromatic N) is 1. The molecule has 0 atom stereocenters. The molecule has 35 heavy (non-hydrogen) atoms. The molecular weight excluding hydrogens is 438 g/mol. The third-order valence-electron chi connectivity index (χ3n) is 5.73. The number of hydrogen-bond acceptors (Lipinski definition) is 4. The highest BCUT2D eigenvalue weighted by molar-refractivity contribution is 6.04. The number of nitrogens with two attached hydrogens (primary N) is 1. The zero-order valence-corrected chi connectivity index (χ0v) is 19.3. The molecule has 4 rings (SSSR count). The van der Waals surface area contributed by atoms with Crippen molar-refractivity contribution in [3.05, 3.63) is 119 Å². The zero-order chi connectivity index (χ0) is 24.6. The van der Waals surface area contributed by atoms with Crippen molar-refractivity contribution in [2.75, 3.05) is 5.32 Å². The molecule has 0 spiro atoms. The van der Waals surface area contributed by atoms with Crippen LogP contribution in [0.25, 0.3) is 11.3 Å². The smallest absolute Gasteiger partial charge is 0.307 e. The number of carboxylic acids is 1. The number of carboxylic acid groups (broad SMARTS) is 1. The van der Waals surface area contributed by atoms with Crippen LogP contribution in [-0.4, -0.2) is 22.0 Å². The van der Waals surface area contributed by atoms with E-state index in [4.69, 9.17) is 5.73 Å². The lowest BCUT2D eigenvalue weighted by Gasteiger charge is -2.12. The van der Waals surface area contributed by atoms with E-state index in [1.165, 1.54) is 5.56 Å². The number of nitrogens with one attached hydrogen (secondary N) is 1. The molecule has 4 aromatic rings. The van der Waals surface area contributed by atoms with Gasteiger partial charge in [0.15, 0.2) is 0 Å². The molecule has 0 aliphatic carbocycles. The molecule has 0 bridgehead atoms. The number of anilines is 1. The second-order valence-corrected chi connectivity index (χ2v) is 8.32.